The molecule has 0 aliphatic heterocycles. The van der Waals surface area contributed by atoms with Gasteiger partial charge in [0, 0.05) is 13.1 Å². The summed E-state index contributed by atoms with van der Waals surface area (Å²) in [7, 11) is 0.378. The van der Waals surface area contributed by atoms with Crippen LogP contribution in [0, 0.1) is 0 Å². The van der Waals surface area contributed by atoms with E-state index in [0.29, 0.717) is 18.8 Å². The van der Waals surface area contributed by atoms with Crippen LogP contribution in [0.25, 0.3) is 0 Å². The van der Waals surface area contributed by atoms with Crippen LogP contribution in [0.15, 0.2) is 55.6 Å². The molecule has 19 heavy (non-hydrogen) atoms. The first kappa shape index (κ1) is 15.7. The molecule has 0 aromatic heterocycles. The van der Waals surface area contributed by atoms with Crippen LogP contribution in [0.3, 0.4) is 0 Å². The van der Waals surface area contributed by atoms with Crippen LogP contribution < -0.4 is 4.52 Å². The van der Waals surface area contributed by atoms with Crippen molar-refractivity contribution < 1.29 is 9.09 Å². The molecule has 0 aliphatic rings. The molecule has 1 aromatic carbocycles. The Kier molecular flexibility index (Phi) is 6.03. The average molecular weight is 280 g/mol. The van der Waals surface area contributed by atoms with Crippen molar-refractivity contribution in [2.24, 2.45) is 0 Å². The number of para-hydroxylation sites is 1. The summed E-state index contributed by atoms with van der Waals surface area (Å²) in [5.41, 5.74) is 0. The third kappa shape index (κ3) is 4.06. The molecule has 1 aromatic rings. The second kappa shape index (κ2) is 7.29. The van der Waals surface area contributed by atoms with Gasteiger partial charge in [0.25, 0.3) is 0 Å². The lowest BCUT2D eigenvalue weighted by molar-refractivity contribution is 0.334. The molecular formula is C14H21N2O2P. The summed E-state index contributed by atoms with van der Waals surface area (Å²) in [6.07, 6.45) is 3.39. The van der Waals surface area contributed by atoms with Crippen molar-refractivity contribution in [1.82, 2.24) is 9.34 Å². The molecule has 104 valence electrons. The monoisotopic (exact) mass is 280 g/mol. The molecule has 5 heteroatoms. The number of likely N-dealkylation sites (N-methyl/N-ethyl adjacent to an activating group) is 2. The summed E-state index contributed by atoms with van der Waals surface area (Å²) < 4.78 is 22.2. The van der Waals surface area contributed by atoms with E-state index in [4.69, 9.17) is 4.52 Å². The fourth-order valence-corrected chi connectivity index (χ4v) is 3.44. The average Bonchev–Trinajstić information content (AvgIpc) is 2.40. The van der Waals surface area contributed by atoms with Gasteiger partial charge in [0.15, 0.2) is 0 Å². The topological polar surface area (TPSA) is 32.8 Å². The molecule has 0 heterocycles. The molecule has 0 amide bonds. The Balaban J connectivity index is 3.01. The van der Waals surface area contributed by atoms with Gasteiger partial charge in [-0.25, -0.2) is 13.9 Å². The number of hydrogen-bond donors (Lipinski definition) is 0. The maximum atomic E-state index is 13.1. The predicted octanol–water partition coefficient (Wildman–Crippen LogP) is 3.41. The summed E-state index contributed by atoms with van der Waals surface area (Å²) >= 11 is 0. The number of nitrogens with zero attached hydrogens (tertiary/aromatic N) is 2. The third-order valence-corrected chi connectivity index (χ3v) is 5.12. The second-order valence-corrected chi connectivity index (χ2v) is 6.68. The van der Waals surface area contributed by atoms with Gasteiger partial charge in [-0.1, -0.05) is 30.4 Å². The lowest BCUT2D eigenvalue weighted by Gasteiger charge is -2.33. The fourth-order valence-electron chi connectivity index (χ4n) is 1.60. The molecule has 0 radical (unpaired) electrons. The van der Waals surface area contributed by atoms with Gasteiger partial charge < -0.3 is 4.52 Å². The highest BCUT2D eigenvalue weighted by Gasteiger charge is 2.34. The molecule has 0 N–H and O–H groups in total. The molecule has 4 nitrogen and oxygen atoms in total. The molecule has 0 atom stereocenters. The van der Waals surface area contributed by atoms with Gasteiger partial charge in [-0.15, -0.1) is 13.2 Å². The molecule has 0 spiro atoms. The van der Waals surface area contributed by atoms with Crippen LogP contribution in [0.1, 0.15) is 0 Å². The van der Waals surface area contributed by atoms with Gasteiger partial charge >= 0.3 is 7.67 Å². The lowest BCUT2D eigenvalue weighted by Crippen LogP contribution is -2.30. The predicted molar refractivity (Wildman–Crippen MR) is 80.3 cm³/mol. The zero-order valence-electron chi connectivity index (χ0n) is 11.5. The Hall–Kier alpha value is -1.35. The van der Waals surface area contributed by atoms with Gasteiger partial charge in [0.2, 0.25) is 0 Å². The van der Waals surface area contributed by atoms with E-state index in [-0.39, 0.29) is 0 Å². The van der Waals surface area contributed by atoms with Gasteiger partial charge in [-0.2, -0.15) is 0 Å². The largest absolute Gasteiger partial charge is 0.422 e. The molecule has 0 unspecified atom stereocenters. The summed E-state index contributed by atoms with van der Waals surface area (Å²) in [5, 5.41) is 0. The SMILES string of the molecule is C=CCN(C)P(=O)(Oc1ccccc1)N(C)CC=C. The van der Waals surface area contributed by atoms with E-state index < -0.39 is 7.67 Å². The Morgan fingerprint density at radius 1 is 1.11 bits per heavy atom. The summed E-state index contributed by atoms with van der Waals surface area (Å²) in [6, 6.07) is 9.16. The molecule has 0 aliphatic carbocycles. The maximum absolute atomic E-state index is 13.1. The third-order valence-electron chi connectivity index (χ3n) is 2.62. The first-order chi connectivity index (χ1) is 9.04. The minimum absolute atomic E-state index is 0.478. The maximum Gasteiger partial charge on any atom is 0.395 e. The standard InChI is InChI=1S/C14H21N2O2P/c1-5-12-15(3)19(17,16(4)13-6-2)18-14-10-8-7-9-11-14/h5-11H,1-2,12-13H2,3-4H3. The van der Waals surface area contributed by atoms with Crippen molar-refractivity contribution in [2.45, 2.75) is 0 Å². The zero-order valence-corrected chi connectivity index (χ0v) is 12.4. The number of benzene rings is 1. The van der Waals surface area contributed by atoms with Gasteiger partial charge in [0.1, 0.15) is 5.75 Å². The highest BCUT2D eigenvalue weighted by Crippen LogP contribution is 2.52. The Labute approximate surface area is 115 Å². The minimum atomic E-state index is -3.13. The van der Waals surface area contributed by atoms with Crippen molar-refractivity contribution in [1.29, 1.82) is 0 Å². The highest BCUT2D eigenvalue weighted by molar-refractivity contribution is 7.54. The van der Waals surface area contributed by atoms with Crippen LogP contribution >= 0.6 is 7.67 Å². The van der Waals surface area contributed by atoms with Gasteiger partial charge in [-0.3, -0.25) is 0 Å². The van der Waals surface area contributed by atoms with Crippen molar-refractivity contribution in [3.05, 3.63) is 55.6 Å². The van der Waals surface area contributed by atoms with E-state index >= 15 is 0 Å². The van der Waals surface area contributed by atoms with E-state index in [1.807, 2.05) is 18.2 Å². The first-order valence-electron chi connectivity index (χ1n) is 6.04. The van der Waals surface area contributed by atoms with E-state index in [1.54, 1.807) is 47.7 Å². The van der Waals surface area contributed by atoms with E-state index in [2.05, 4.69) is 13.2 Å². The van der Waals surface area contributed by atoms with Crippen molar-refractivity contribution in [2.75, 3.05) is 27.2 Å². The highest BCUT2D eigenvalue weighted by atomic mass is 31.2. The molecule has 0 saturated heterocycles. The Morgan fingerprint density at radius 2 is 1.58 bits per heavy atom. The normalized spacial score (nSPS) is 11.6. The second-order valence-electron chi connectivity index (χ2n) is 4.15. The Morgan fingerprint density at radius 3 is 2.00 bits per heavy atom. The van der Waals surface area contributed by atoms with Gasteiger partial charge in [-0.05, 0) is 26.2 Å². The van der Waals surface area contributed by atoms with Crippen LogP contribution in [0.5, 0.6) is 5.75 Å². The first-order valence-corrected chi connectivity index (χ1v) is 7.57. The number of rotatable bonds is 8. The van der Waals surface area contributed by atoms with Crippen molar-refractivity contribution >= 4 is 7.67 Å². The molecule has 0 fully saturated rings. The van der Waals surface area contributed by atoms with Crippen molar-refractivity contribution in [3.63, 3.8) is 0 Å². The van der Waals surface area contributed by atoms with E-state index in [9.17, 15) is 4.57 Å². The van der Waals surface area contributed by atoms with E-state index in [0.717, 1.165) is 0 Å². The van der Waals surface area contributed by atoms with E-state index in [1.165, 1.54) is 0 Å². The molecule has 1 rings (SSSR count). The minimum Gasteiger partial charge on any atom is -0.422 e. The quantitative estimate of drug-likeness (QED) is 0.539. The smallest absolute Gasteiger partial charge is 0.395 e. The molecular weight excluding hydrogens is 259 g/mol. The zero-order chi connectivity index (χ0) is 14.3. The van der Waals surface area contributed by atoms with Gasteiger partial charge in [0.05, 0.1) is 0 Å². The molecule has 0 saturated carbocycles. The Bertz CT molecular complexity index is 442. The van der Waals surface area contributed by atoms with Crippen LogP contribution in [-0.4, -0.2) is 36.5 Å². The van der Waals surface area contributed by atoms with Crippen LogP contribution in [0.4, 0.5) is 0 Å². The summed E-state index contributed by atoms with van der Waals surface area (Å²) in [6.45, 7) is 8.29. The summed E-state index contributed by atoms with van der Waals surface area (Å²) in [4.78, 5) is 0. The molecule has 0 bridgehead atoms. The summed E-state index contributed by atoms with van der Waals surface area (Å²) in [5.74, 6) is 0.581. The fraction of sp³-hybridized carbons (Fsp3) is 0.286. The lowest BCUT2D eigenvalue weighted by atomic mass is 10.3. The number of hydrogen-bond acceptors (Lipinski definition) is 2. The van der Waals surface area contributed by atoms with Crippen LogP contribution in [0.2, 0.25) is 0 Å². The van der Waals surface area contributed by atoms with Crippen molar-refractivity contribution in [3.8, 4) is 5.75 Å². The van der Waals surface area contributed by atoms with Crippen LogP contribution in [-0.2, 0) is 4.57 Å².